The molecule has 1 saturated heterocycles. The number of hydrogen-bond donors (Lipinski definition) is 1. The van der Waals surface area contributed by atoms with Gasteiger partial charge in [-0.1, -0.05) is 0 Å². The molecule has 1 aliphatic carbocycles. The van der Waals surface area contributed by atoms with Gasteiger partial charge >= 0.3 is 0 Å². The molecule has 1 aliphatic heterocycles. The molecule has 0 bridgehead atoms. The van der Waals surface area contributed by atoms with E-state index in [4.69, 9.17) is 4.74 Å². The molecule has 20 heavy (non-hydrogen) atoms. The van der Waals surface area contributed by atoms with E-state index in [9.17, 15) is 10.0 Å². The average Bonchev–Trinajstić information content (AvgIpc) is 2.51. The van der Waals surface area contributed by atoms with Gasteiger partial charge in [0.2, 0.25) is 0 Å². The first-order chi connectivity index (χ1) is 9.79. The third-order valence-electron chi connectivity index (χ3n) is 3.47. The van der Waals surface area contributed by atoms with Crippen LogP contribution in [0.4, 0.5) is 0 Å². The van der Waals surface area contributed by atoms with Gasteiger partial charge in [0.05, 0.1) is 18.9 Å². The third kappa shape index (κ3) is 2.35. The zero-order valence-corrected chi connectivity index (χ0v) is 10.9. The quantitative estimate of drug-likeness (QED) is 0.825. The Morgan fingerprint density at radius 1 is 1.45 bits per heavy atom. The summed E-state index contributed by atoms with van der Waals surface area (Å²) < 4.78 is 5.28. The second-order valence-corrected chi connectivity index (χ2v) is 4.74. The van der Waals surface area contributed by atoms with Gasteiger partial charge in [-0.15, -0.1) is 4.91 Å². The van der Waals surface area contributed by atoms with Gasteiger partial charge < -0.3 is 14.7 Å². The highest BCUT2D eigenvalue weighted by atomic mass is 16.5. The summed E-state index contributed by atoms with van der Waals surface area (Å²) in [5, 5.41) is 13.4. The molecule has 0 aromatic carbocycles. The predicted molar refractivity (Wildman–Crippen MR) is 73.4 cm³/mol. The van der Waals surface area contributed by atoms with Crippen LogP contribution >= 0.6 is 0 Å². The Balaban J connectivity index is 1.97. The fourth-order valence-electron chi connectivity index (χ4n) is 2.43. The number of aromatic nitrogens is 1. The zero-order valence-electron chi connectivity index (χ0n) is 10.9. The summed E-state index contributed by atoms with van der Waals surface area (Å²) in [5.41, 5.74) is 2.00. The van der Waals surface area contributed by atoms with Gasteiger partial charge in [0.25, 0.3) is 0 Å². The highest BCUT2D eigenvalue weighted by Gasteiger charge is 2.26. The lowest BCUT2D eigenvalue weighted by Gasteiger charge is -2.28. The van der Waals surface area contributed by atoms with Crippen molar-refractivity contribution in [1.82, 2.24) is 9.88 Å². The normalized spacial score (nSPS) is 24.2. The second kappa shape index (κ2) is 5.52. The fourth-order valence-corrected chi connectivity index (χ4v) is 2.43. The van der Waals surface area contributed by atoms with Crippen LogP contribution in [0.3, 0.4) is 0 Å². The maximum absolute atomic E-state index is 11.0. The second-order valence-electron chi connectivity index (χ2n) is 4.74. The molecule has 2 aliphatic rings. The van der Waals surface area contributed by atoms with E-state index in [1.807, 2.05) is 6.20 Å². The maximum atomic E-state index is 11.0. The van der Waals surface area contributed by atoms with Crippen molar-refractivity contribution < 1.29 is 9.84 Å². The Bertz CT molecular complexity index is 577. The Morgan fingerprint density at radius 2 is 2.25 bits per heavy atom. The molecule has 0 saturated carbocycles. The fraction of sp³-hybridized carbons (Fsp3) is 0.357. The monoisotopic (exact) mass is 273 g/mol. The lowest BCUT2D eigenvalue weighted by molar-refractivity contribution is 0.0583. The first-order valence-electron chi connectivity index (χ1n) is 6.51. The van der Waals surface area contributed by atoms with Crippen molar-refractivity contribution in [1.29, 1.82) is 0 Å². The molecule has 6 nitrogen and oxygen atoms in total. The molecular formula is C14H15N3O3. The topological polar surface area (TPSA) is 75.0 Å². The summed E-state index contributed by atoms with van der Waals surface area (Å²) in [6, 6.07) is 3.46. The largest absolute Gasteiger partial charge is 0.382 e. The van der Waals surface area contributed by atoms with Crippen molar-refractivity contribution in [3.8, 4) is 0 Å². The van der Waals surface area contributed by atoms with Crippen molar-refractivity contribution in [3.05, 3.63) is 52.3 Å². The summed E-state index contributed by atoms with van der Waals surface area (Å²) in [6.45, 7) is 2.86. The molecular weight excluding hydrogens is 258 g/mol. The minimum absolute atomic E-state index is 0.304. The number of ether oxygens (including phenoxy) is 1. The average molecular weight is 273 g/mol. The molecule has 2 heterocycles. The van der Waals surface area contributed by atoms with Gasteiger partial charge in [0.1, 0.15) is 11.8 Å². The number of fused-ring (bicyclic) bond motifs is 1. The summed E-state index contributed by atoms with van der Waals surface area (Å²) in [5.74, 6) is 0. The standard InChI is InChI=1S/C14H15N3O3/c18-14-10(9-17-4-6-20-7-5-17)8-12(16-19)11-2-1-3-15-13(11)14/h1-3,8-9,14,18H,4-7H2. The lowest BCUT2D eigenvalue weighted by atomic mass is 9.93. The highest BCUT2D eigenvalue weighted by Crippen LogP contribution is 2.35. The summed E-state index contributed by atoms with van der Waals surface area (Å²) >= 11 is 0. The van der Waals surface area contributed by atoms with E-state index in [0.29, 0.717) is 35.7 Å². The van der Waals surface area contributed by atoms with Crippen molar-refractivity contribution in [3.63, 3.8) is 0 Å². The van der Waals surface area contributed by atoms with Crippen molar-refractivity contribution in [2.45, 2.75) is 6.10 Å². The molecule has 6 heteroatoms. The van der Waals surface area contributed by atoms with Crippen LogP contribution in [0.5, 0.6) is 0 Å². The van der Waals surface area contributed by atoms with E-state index in [0.717, 1.165) is 13.1 Å². The minimum Gasteiger partial charge on any atom is -0.382 e. The number of hydrogen-bond acceptors (Lipinski definition) is 6. The van der Waals surface area contributed by atoms with Gasteiger partial charge in [-0.2, -0.15) is 0 Å². The van der Waals surface area contributed by atoms with Gasteiger partial charge in [-0.3, -0.25) is 4.98 Å². The Labute approximate surface area is 116 Å². The molecule has 1 aromatic heterocycles. The molecule has 104 valence electrons. The van der Waals surface area contributed by atoms with Gasteiger partial charge in [0, 0.05) is 36.6 Å². The number of rotatable bonds is 2. The van der Waals surface area contributed by atoms with Crippen LogP contribution in [0.25, 0.3) is 5.70 Å². The number of nitrogens with zero attached hydrogens (tertiary/aromatic N) is 3. The van der Waals surface area contributed by atoms with Crippen LogP contribution in [-0.2, 0) is 4.74 Å². The molecule has 0 radical (unpaired) electrons. The Kier molecular flexibility index (Phi) is 3.58. The molecule has 3 rings (SSSR count). The van der Waals surface area contributed by atoms with Crippen LogP contribution in [-0.4, -0.2) is 41.3 Å². The van der Waals surface area contributed by atoms with E-state index in [2.05, 4.69) is 15.1 Å². The first kappa shape index (κ1) is 13.0. The first-order valence-corrected chi connectivity index (χ1v) is 6.51. The SMILES string of the molecule is O=NC1=CC(=CN2CCOCC2)C(O)c2ncccc21. The van der Waals surface area contributed by atoms with E-state index < -0.39 is 6.10 Å². The predicted octanol–water partition coefficient (Wildman–Crippen LogP) is 1.45. The number of morpholine rings is 1. The number of aliphatic hydroxyl groups excluding tert-OH is 1. The summed E-state index contributed by atoms with van der Waals surface area (Å²) in [7, 11) is 0. The van der Waals surface area contributed by atoms with Crippen LogP contribution in [0.15, 0.2) is 41.4 Å². The molecule has 1 N–H and O–H groups in total. The zero-order chi connectivity index (χ0) is 13.9. The lowest BCUT2D eigenvalue weighted by Crippen LogP contribution is -2.32. The number of nitroso groups, excluding NO2 is 1. The summed E-state index contributed by atoms with van der Waals surface area (Å²) in [6.07, 6.45) is 4.24. The van der Waals surface area contributed by atoms with Crippen LogP contribution in [0, 0.1) is 4.91 Å². The molecule has 0 spiro atoms. The van der Waals surface area contributed by atoms with E-state index in [1.54, 1.807) is 24.4 Å². The Hall–Kier alpha value is -2.05. The highest BCUT2D eigenvalue weighted by molar-refractivity contribution is 5.72. The van der Waals surface area contributed by atoms with E-state index in [-0.39, 0.29) is 0 Å². The van der Waals surface area contributed by atoms with E-state index in [1.165, 1.54) is 0 Å². The van der Waals surface area contributed by atoms with Crippen molar-refractivity contribution >= 4 is 5.70 Å². The van der Waals surface area contributed by atoms with Crippen LogP contribution in [0.1, 0.15) is 17.4 Å². The third-order valence-corrected chi connectivity index (χ3v) is 3.47. The smallest absolute Gasteiger partial charge is 0.123 e. The molecule has 1 aromatic rings. The van der Waals surface area contributed by atoms with Crippen LogP contribution < -0.4 is 0 Å². The minimum atomic E-state index is -0.834. The molecule has 1 fully saturated rings. The maximum Gasteiger partial charge on any atom is 0.123 e. The van der Waals surface area contributed by atoms with Gasteiger partial charge in [-0.25, -0.2) is 0 Å². The van der Waals surface area contributed by atoms with Crippen molar-refractivity contribution in [2.24, 2.45) is 5.18 Å². The van der Waals surface area contributed by atoms with Crippen molar-refractivity contribution in [2.75, 3.05) is 26.3 Å². The molecule has 0 amide bonds. The van der Waals surface area contributed by atoms with Gasteiger partial charge in [0.15, 0.2) is 0 Å². The number of pyridine rings is 1. The molecule has 1 unspecified atom stereocenters. The summed E-state index contributed by atoms with van der Waals surface area (Å²) in [4.78, 5) is 17.2. The molecule has 1 atom stereocenters. The van der Waals surface area contributed by atoms with E-state index >= 15 is 0 Å². The number of aliphatic hydroxyl groups is 1. The van der Waals surface area contributed by atoms with Gasteiger partial charge in [-0.05, 0) is 23.4 Å². The van der Waals surface area contributed by atoms with Crippen LogP contribution in [0.2, 0.25) is 0 Å². The Morgan fingerprint density at radius 3 is 3.00 bits per heavy atom.